The van der Waals surface area contributed by atoms with Gasteiger partial charge >= 0.3 is 0 Å². The second-order valence-corrected chi connectivity index (χ2v) is 4.17. The van der Waals surface area contributed by atoms with Gasteiger partial charge in [0.1, 0.15) is 5.75 Å². The van der Waals surface area contributed by atoms with Crippen LogP contribution in [-0.2, 0) is 6.54 Å². The van der Waals surface area contributed by atoms with Crippen LogP contribution >= 0.6 is 0 Å². The van der Waals surface area contributed by atoms with E-state index in [-0.39, 0.29) is 0 Å². The average Bonchev–Trinajstić information content (AvgIpc) is 2.15. The highest BCUT2D eigenvalue weighted by Crippen LogP contribution is 2.14. The zero-order chi connectivity index (χ0) is 11.3. The molecule has 0 bridgehead atoms. The van der Waals surface area contributed by atoms with E-state index in [0.29, 0.717) is 18.3 Å². The van der Waals surface area contributed by atoms with Crippen LogP contribution in [0, 0.1) is 0 Å². The number of phenols is 1. The van der Waals surface area contributed by atoms with Crippen molar-refractivity contribution < 1.29 is 5.11 Å². The molecule has 2 N–H and O–H groups in total. The molecule has 0 fully saturated rings. The Labute approximate surface area is 91.7 Å². The quantitative estimate of drug-likeness (QED) is 0.768. The monoisotopic (exact) mass is 208 g/mol. The number of hydrogen-bond acceptors (Lipinski definition) is 3. The summed E-state index contributed by atoms with van der Waals surface area (Å²) in [5.74, 6) is 0.363. The van der Waals surface area contributed by atoms with Crippen molar-refractivity contribution in [2.75, 3.05) is 20.6 Å². The van der Waals surface area contributed by atoms with Gasteiger partial charge in [0, 0.05) is 24.7 Å². The third kappa shape index (κ3) is 4.32. The van der Waals surface area contributed by atoms with Crippen molar-refractivity contribution in [2.45, 2.75) is 19.5 Å². The number of para-hydroxylation sites is 1. The zero-order valence-electron chi connectivity index (χ0n) is 9.70. The van der Waals surface area contributed by atoms with Crippen LogP contribution < -0.4 is 5.32 Å². The maximum Gasteiger partial charge on any atom is 0.120 e. The molecule has 0 saturated carbocycles. The summed E-state index contributed by atoms with van der Waals surface area (Å²) in [6, 6.07) is 7.84. The van der Waals surface area contributed by atoms with Crippen LogP contribution in [0.15, 0.2) is 24.3 Å². The highest BCUT2D eigenvalue weighted by Gasteiger charge is 2.04. The van der Waals surface area contributed by atoms with Crippen LogP contribution in [0.4, 0.5) is 0 Å². The minimum absolute atomic E-state index is 0.363. The molecule has 1 unspecified atom stereocenters. The largest absolute Gasteiger partial charge is 0.508 e. The number of nitrogens with one attached hydrogen (secondary N) is 1. The lowest BCUT2D eigenvalue weighted by molar-refractivity contribution is 0.347. The summed E-state index contributed by atoms with van der Waals surface area (Å²) >= 11 is 0. The number of nitrogens with zero attached hydrogens (tertiary/aromatic N) is 1. The van der Waals surface area contributed by atoms with Crippen LogP contribution in [0.3, 0.4) is 0 Å². The Morgan fingerprint density at radius 1 is 1.33 bits per heavy atom. The molecule has 0 spiro atoms. The van der Waals surface area contributed by atoms with Gasteiger partial charge in [0.2, 0.25) is 0 Å². The predicted molar refractivity (Wildman–Crippen MR) is 63.0 cm³/mol. The van der Waals surface area contributed by atoms with E-state index in [1.54, 1.807) is 6.07 Å². The Morgan fingerprint density at radius 2 is 2.00 bits per heavy atom. The fraction of sp³-hybridized carbons (Fsp3) is 0.500. The Balaban J connectivity index is 2.40. The summed E-state index contributed by atoms with van der Waals surface area (Å²) < 4.78 is 0. The molecule has 3 nitrogen and oxygen atoms in total. The summed E-state index contributed by atoms with van der Waals surface area (Å²) in [6.45, 7) is 3.84. The fourth-order valence-corrected chi connectivity index (χ4v) is 1.56. The first-order valence-electron chi connectivity index (χ1n) is 5.24. The molecule has 0 aliphatic heterocycles. The van der Waals surface area contributed by atoms with Gasteiger partial charge in [0.15, 0.2) is 0 Å². The molecular weight excluding hydrogens is 188 g/mol. The van der Waals surface area contributed by atoms with Gasteiger partial charge in [-0.05, 0) is 27.1 Å². The van der Waals surface area contributed by atoms with E-state index in [4.69, 9.17) is 0 Å². The second-order valence-electron chi connectivity index (χ2n) is 4.17. The minimum atomic E-state index is 0.363. The average molecular weight is 208 g/mol. The summed E-state index contributed by atoms with van der Waals surface area (Å²) in [5, 5.41) is 12.9. The normalized spacial score (nSPS) is 13.1. The van der Waals surface area contributed by atoms with Crippen LogP contribution in [0.1, 0.15) is 12.5 Å². The summed E-state index contributed by atoms with van der Waals surface area (Å²) in [6.07, 6.45) is 0. The molecule has 1 aromatic carbocycles. The first-order valence-corrected chi connectivity index (χ1v) is 5.24. The van der Waals surface area contributed by atoms with Gasteiger partial charge < -0.3 is 15.3 Å². The van der Waals surface area contributed by atoms with Crippen molar-refractivity contribution in [3.8, 4) is 5.75 Å². The minimum Gasteiger partial charge on any atom is -0.508 e. The van der Waals surface area contributed by atoms with E-state index in [1.807, 2.05) is 18.2 Å². The van der Waals surface area contributed by atoms with Gasteiger partial charge in [-0.25, -0.2) is 0 Å². The van der Waals surface area contributed by atoms with Crippen molar-refractivity contribution >= 4 is 0 Å². The van der Waals surface area contributed by atoms with E-state index in [2.05, 4.69) is 31.2 Å². The number of benzene rings is 1. The van der Waals surface area contributed by atoms with Crippen LogP contribution in [0.2, 0.25) is 0 Å². The molecule has 0 aliphatic rings. The second kappa shape index (κ2) is 5.73. The van der Waals surface area contributed by atoms with Crippen LogP contribution in [0.25, 0.3) is 0 Å². The van der Waals surface area contributed by atoms with Crippen LogP contribution in [-0.4, -0.2) is 36.7 Å². The maximum atomic E-state index is 9.55. The smallest absolute Gasteiger partial charge is 0.120 e. The van der Waals surface area contributed by atoms with Crippen molar-refractivity contribution in [1.29, 1.82) is 0 Å². The lowest BCUT2D eigenvalue weighted by Crippen LogP contribution is -2.35. The van der Waals surface area contributed by atoms with E-state index in [0.717, 1.165) is 12.1 Å². The van der Waals surface area contributed by atoms with Gasteiger partial charge in [-0.1, -0.05) is 18.2 Å². The Morgan fingerprint density at radius 3 is 2.60 bits per heavy atom. The number of aromatic hydroxyl groups is 1. The molecule has 15 heavy (non-hydrogen) atoms. The molecule has 84 valence electrons. The third-order valence-corrected chi connectivity index (χ3v) is 2.27. The first kappa shape index (κ1) is 12.0. The third-order valence-electron chi connectivity index (χ3n) is 2.27. The molecule has 0 saturated heterocycles. The van der Waals surface area contributed by atoms with E-state index in [9.17, 15) is 5.11 Å². The lowest BCUT2D eigenvalue weighted by Gasteiger charge is -2.18. The van der Waals surface area contributed by atoms with Crippen molar-refractivity contribution in [2.24, 2.45) is 0 Å². The molecule has 0 aromatic heterocycles. The Bertz CT molecular complexity index is 299. The van der Waals surface area contributed by atoms with Crippen molar-refractivity contribution in [3.05, 3.63) is 29.8 Å². The fourth-order valence-electron chi connectivity index (χ4n) is 1.56. The van der Waals surface area contributed by atoms with Gasteiger partial charge in [-0.2, -0.15) is 0 Å². The van der Waals surface area contributed by atoms with Gasteiger partial charge in [-0.3, -0.25) is 0 Å². The lowest BCUT2D eigenvalue weighted by atomic mass is 10.2. The summed E-state index contributed by atoms with van der Waals surface area (Å²) in [7, 11) is 4.11. The molecule has 0 radical (unpaired) electrons. The highest BCUT2D eigenvalue weighted by atomic mass is 16.3. The SMILES string of the molecule is CC(CN(C)C)NCc1ccccc1O. The summed E-state index contributed by atoms with van der Waals surface area (Å²) in [5.41, 5.74) is 0.947. The molecule has 3 heteroatoms. The molecular formula is C12H20N2O. The van der Waals surface area contributed by atoms with E-state index < -0.39 is 0 Å². The molecule has 0 aliphatic carbocycles. The van der Waals surface area contributed by atoms with Crippen LogP contribution in [0.5, 0.6) is 5.75 Å². The predicted octanol–water partition coefficient (Wildman–Crippen LogP) is 1.43. The van der Waals surface area contributed by atoms with Crippen molar-refractivity contribution in [3.63, 3.8) is 0 Å². The van der Waals surface area contributed by atoms with Gasteiger partial charge in [0.05, 0.1) is 0 Å². The Kier molecular flexibility index (Phi) is 4.59. The summed E-state index contributed by atoms with van der Waals surface area (Å²) in [4.78, 5) is 2.14. The maximum absolute atomic E-state index is 9.55. The molecule has 0 heterocycles. The van der Waals surface area contributed by atoms with Gasteiger partial charge in [-0.15, -0.1) is 0 Å². The van der Waals surface area contributed by atoms with Gasteiger partial charge in [0.25, 0.3) is 0 Å². The first-order chi connectivity index (χ1) is 7.09. The number of phenolic OH excluding ortho intramolecular Hbond substituents is 1. The number of likely N-dealkylation sites (N-methyl/N-ethyl adjacent to an activating group) is 1. The molecule has 1 aromatic rings. The Hall–Kier alpha value is -1.06. The molecule has 1 rings (SSSR count). The topological polar surface area (TPSA) is 35.5 Å². The van der Waals surface area contributed by atoms with E-state index in [1.165, 1.54) is 0 Å². The van der Waals surface area contributed by atoms with E-state index >= 15 is 0 Å². The highest BCUT2D eigenvalue weighted by molar-refractivity contribution is 5.31. The molecule has 0 amide bonds. The zero-order valence-corrected chi connectivity index (χ0v) is 9.70. The van der Waals surface area contributed by atoms with Crippen molar-refractivity contribution in [1.82, 2.24) is 10.2 Å². The number of hydrogen-bond donors (Lipinski definition) is 2. The molecule has 1 atom stereocenters. The number of rotatable bonds is 5. The standard InChI is InChI=1S/C12H20N2O/c1-10(9-14(2)3)13-8-11-6-4-5-7-12(11)15/h4-7,10,13,15H,8-9H2,1-3H3.